The molecule has 0 amide bonds. The molecule has 6 rings (SSSR count). The summed E-state index contributed by atoms with van der Waals surface area (Å²) in [6.45, 7) is -0.00118. The number of alkyl halides is 6. The molecule has 4 aromatic carbocycles. The lowest BCUT2D eigenvalue weighted by Gasteiger charge is -2.28. The number of carbonyl (C=O) groups is 1. The second-order valence-electron chi connectivity index (χ2n) is 10.5. The third-order valence-electron chi connectivity index (χ3n) is 7.71. The van der Waals surface area contributed by atoms with Crippen molar-refractivity contribution in [3.8, 4) is 33.8 Å². The number of fused-ring (bicyclic) bond motifs is 6. The minimum atomic E-state index is -4.96. The van der Waals surface area contributed by atoms with Gasteiger partial charge < -0.3 is 25.2 Å². The number of carboxylic acid groups (broad SMARTS) is 1. The number of phenolic OH excluding ortho intramolecular Hbond substituents is 1. The predicted molar refractivity (Wildman–Crippen MR) is 156 cm³/mol. The number of phenols is 1. The third-order valence-corrected chi connectivity index (χ3v) is 8.31. The van der Waals surface area contributed by atoms with E-state index in [2.05, 4.69) is 0 Å². The minimum Gasteiger partial charge on any atom is -0.508 e. The van der Waals surface area contributed by atoms with Gasteiger partial charge in [0.25, 0.3) is 0 Å². The van der Waals surface area contributed by atoms with Gasteiger partial charge in [-0.05, 0) is 41.8 Å². The fourth-order valence-electron chi connectivity index (χ4n) is 5.72. The van der Waals surface area contributed by atoms with E-state index in [4.69, 9.17) is 33.0 Å². The standard InChI is InChI=1S/C18H14ClF3O4.C14H8ClF3O2/c19-14-9-10(26-7-3-6-15(23)24)8-13-16(14)11-4-1-2-5-12(11)17(13,25)18(20,21)22;15-11-6-7(19)5-10-12(11)8-3-1-2-4-9(8)13(10,20)14(16,17)18/h1-2,4-5,8-9,25H,3,6-7H2,(H,23,24);1-6,19-20H/t17-;13-/m11/s1. The Morgan fingerprint density at radius 1 is 0.717 bits per heavy atom. The second-order valence-corrected chi connectivity index (χ2v) is 11.3. The molecular weight excluding hydrogens is 665 g/mol. The van der Waals surface area contributed by atoms with E-state index in [1.165, 1.54) is 42.5 Å². The summed E-state index contributed by atoms with van der Waals surface area (Å²) in [6, 6.07) is 15.8. The van der Waals surface area contributed by atoms with E-state index >= 15 is 0 Å². The van der Waals surface area contributed by atoms with Crippen molar-refractivity contribution in [2.45, 2.75) is 36.4 Å². The van der Waals surface area contributed by atoms with E-state index in [-0.39, 0.29) is 68.6 Å². The van der Waals surface area contributed by atoms with Gasteiger partial charge in [-0.1, -0.05) is 71.7 Å². The van der Waals surface area contributed by atoms with Gasteiger partial charge in [-0.2, -0.15) is 26.3 Å². The second kappa shape index (κ2) is 11.7. The first-order valence-electron chi connectivity index (χ1n) is 13.4. The molecule has 2 atom stereocenters. The molecule has 14 heteroatoms. The van der Waals surface area contributed by atoms with Gasteiger partial charge in [0.2, 0.25) is 11.2 Å². The molecule has 0 saturated heterocycles. The highest BCUT2D eigenvalue weighted by atomic mass is 35.5. The molecule has 46 heavy (non-hydrogen) atoms. The molecule has 6 nitrogen and oxygen atoms in total. The van der Waals surface area contributed by atoms with Crippen LogP contribution in [0.25, 0.3) is 22.3 Å². The van der Waals surface area contributed by atoms with Crippen LogP contribution in [-0.2, 0) is 16.0 Å². The number of hydrogen-bond donors (Lipinski definition) is 4. The molecule has 2 aliphatic rings. The van der Waals surface area contributed by atoms with Crippen molar-refractivity contribution in [2.24, 2.45) is 0 Å². The molecule has 0 aliphatic heterocycles. The van der Waals surface area contributed by atoms with Gasteiger partial charge in [0.05, 0.1) is 16.7 Å². The zero-order valence-corrected chi connectivity index (χ0v) is 24.7. The molecule has 0 spiro atoms. The number of aliphatic carboxylic acids is 1. The number of rotatable bonds is 5. The Morgan fingerprint density at radius 2 is 1.17 bits per heavy atom. The van der Waals surface area contributed by atoms with Crippen LogP contribution in [0.2, 0.25) is 10.0 Å². The molecule has 0 fully saturated rings. The molecule has 0 bridgehead atoms. The van der Waals surface area contributed by atoms with Crippen molar-refractivity contribution < 1.29 is 56.3 Å². The third kappa shape index (κ3) is 5.32. The van der Waals surface area contributed by atoms with Gasteiger partial charge in [-0.3, -0.25) is 4.79 Å². The maximum atomic E-state index is 13.8. The average molecular weight is 687 g/mol. The molecule has 0 radical (unpaired) electrons. The Hall–Kier alpha value is -3.97. The molecule has 0 unspecified atom stereocenters. The lowest BCUT2D eigenvalue weighted by atomic mass is 9.90. The zero-order chi connectivity index (χ0) is 33.8. The Labute approximate surface area is 267 Å². The van der Waals surface area contributed by atoms with E-state index in [0.29, 0.717) is 0 Å². The topological polar surface area (TPSA) is 107 Å². The first-order chi connectivity index (χ1) is 21.4. The van der Waals surface area contributed by atoms with Crippen LogP contribution in [0.5, 0.6) is 11.5 Å². The van der Waals surface area contributed by atoms with Crippen LogP contribution < -0.4 is 4.74 Å². The maximum absolute atomic E-state index is 13.8. The quantitative estimate of drug-likeness (QED) is 0.125. The molecule has 0 saturated carbocycles. The minimum absolute atomic E-state index is 0.00118. The number of carboxylic acids is 1. The van der Waals surface area contributed by atoms with Crippen molar-refractivity contribution in [2.75, 3.05) is 6.61 Å². The van der Waals surface area contributed by atoms with Crippen LogP contribution in [0.3, 0.4) is 0 Å². The Morgan fingerprint density at radius 3 is 1.65 bits per heavy atom. The highest BCUT2D eigenvalue weighted by Gasteiger charge is 2.62. The smallest absolute Gasteiger partial charge is 0.425 e. The Bertz CT molecular complexity index is 1840. The van der Waals surface area contributed by atoms with Crippen LogP contribution in [0.1, 0.15) is 35.1 Å². The van der Waals surface area contributed by atoms with Crippen molar-refractivity contribution >= 4 is 29.2 Å². The Kier molecular flexibility index (Phi) is 8.48. The maximum Gasteiger partial charge on any atom is 0.425 e. The number of aliphatic hydroxyl groups is 2. The first kappa shape index (κ1) is 33.4. The normalized spacial score (nSPS) is 19.3. The first-order valence-corrected chi connectivity index (χ1v) is 14.2. The largest absolute Gasteiger partial charge is 0.508 e. The highest BCUT2D eigenvalue weighted by molar-refractivity contribution is 6.34. The molecule has 242 valence electrons. The summed E-state index contributed by atoms with van der Waals surface area (Å²) < 4.78 is 86.8. The molecule has 0 heterocycles. The number of halogens is 8. The summed E-state index contributed by atoms with van der Waals surface area (Å²) in [4.78, 5) is 10.5. The molecule has 0 aromatic heterocycles. The zero-order valence-electron chi connectivity index (χ0n) is 23.2. The van der Waals surface area contributed by atoms with E-state index in [1.807, 2.05) is 0 Å². The van der Waals surface area contributed by atoms with Gasteiger partial charge in [0.1, 0.15) is 11.5 Å². The SMILES string of the molecule is O=C(O)CCCOc1cc(Cl)c2c(c1)[C@@](O)(C(F)(F)F)c1ccccc1-2.Oc1cc(Cl)c2c(c1)[C@@](O)(C(F)(F)F)c1ccccc1-2. The van der Waals surface area contributed by atoms with E-state index in [9.17, 15) is 46.5 Å². The van der Waals surface area contributed by atoms with E-state index < -0.39 is 46.4 Å². The fourth-order valence-corrected chi connectivity index (χ4v) is 6.35. The van der Waals surface area contributed by atoms with Gasteiger partial charge in [-0.25, -0.2) is 0 Å². The molecule has 4 aromatic rings. The van der Waals surface area contributed by atoms with Crippen molar-refractivity contribution in [3.63, 3.8) is 0 Å². The van der Waals surface area contributed by atoms with E-state index in [0.717, 1.165) is 18.2 Å². The van der Waals surface area contributed by atoms with Gasteiger partial charge in [0, 0.05) is 39.8 Å². The summed E-state index contributed by atoms with van der Waals surface area (Å²) in [6.07, 6.45) is -9.82. The summed E-state index contributed by atoms with van der Waals surface area (Å²) in [5.74, 6) is -1.39. The fraction of sp³-hybridized carbons (Fsp3) is 0.219. The lowest BCUT2D eigenvalue weighted by molar-refractivity contribution is -0.247. The average Bonchev–Trinajstić information content (AvgIpc) is 3.39. The monoisotopic (exact) mass is 686 g/mol. The van der Waals surface area contributed by atoms with Crippen molar-refractivity contribution in [1.82, 2.24) is 0 Å². The van der Waals surface area contributed by atoms with Crippen molar-refractivity contribution in [1.29, 1.82) is 0 Å². The van der Waals surface area contributed by atoms with Crippen LogP contribution in [0.15, 0.2) is 72.8 Å². The van der Waals surface area contributed by atoms with Crippen LogP contribution in [0, 0.1) is 0 Å². The molecular formula is C32H22Cl2F6O6. The number of benzene rings is 4. The summed E-state index contributed by atoms with van der Waals surface area (Å²) >= 11 is 12.1. The highest BCUT2D eigenvalue weighted by Crippen LogP contribution is 2.58. The van der Waals surface area contributed by atoms with Gasteiger partial charge in [0.15, 0.2) is 0 Å². The van der Waals surface area contributed by atoms with Gasteiger partial charge in [-0.15, -0.1) is 0 Å². The van der Waals surface area contributed by atoms with Crippen molar-refractivity contribution in [3.05, 3.63) is 105 Å². The summed E-state index contributed by atoms with van der Waals surface area (Å²) in [5.41, 5.74) is -7.13. The number of ether oxygens (including phenoxy) is 1. The van der Waals surface area contributed by atoms with Gasteiger partial charge >= 0.3 is 18.3 Å². The van der Waals surface area contributed by atoms with E-state index in [1.54, 1.807) is 12.1 Å². The number of hydrogen-bond acceptors (Lipinski definition) is 5. The lowest BCUT2D eigenvalue weighted by Crippen LogP contribution is -2.41. The number of aromatic hydroxyl groups is 1. The van der Waals surface area contributed by atoms with Crippen LogP contribution in [0.4, 0.5) is 26.3 Å². The summed E-state index contributed by atoms with van der Waals surface area (Å²) in [5, 5.41) is 39.0. The van der Waals surface area contributed by atoms with Crippen LogP contribution >= 0.6 is 23.2 Å². The predicted octanol–water partition coefficient (Wildman–Crippen LogP) is 8.19. The van der Waals surface area contributed by atoms with Crippen LogP contribution in [-0.4, -0.2) is 45.4 Å². The Balaban J connectivity index is 0.000000187. The summed E-state index contributed by atoms with van der Waals surface area (Å²) in [7, 11) is 0. The molecule has 2 aliphatic carbocycles. The molecule has 4 N–H and O–H groups in total.